The van der Waals surface area contributed by atoms with Crippen LogP contribution in [-0.4, -0.2) is 31.0 Å². The number of likely N-dealkylation sites (N-methyl/N-ethyl adjacent to an activating group) is 1. The lowest BCUT2D eigenvalue weighted by atomic mass is 10.1. The Morgan fingerprint density at radius 3 is 1.70 bits per heavy atom. The van der Waals surface area contributed by atoms with E-state index in [4.69, 9.17) is 0 Å². The lowest BCUT2D eigenvalue weighted by molar-refractivity contribution is -0.812. The minimum Gasteiger partial charge on any atom is -1.00 e. The highest BCUT2D eigenvalue weighted by atomic mass is 35.5. The zero-order chi connectivity index (χ0) is 14.7. The lowest BCUT2D eigenvalue weighted by Gasteiger charge is -2.26. The van der Waals surface area contributed by atoms with E-state index in [9.17, 15) is 4.79 Å². The molecule has 0 aromatic heterocycles. The van der Waals surface area contributed by atoms with Gasteiger partial charge in [-0.25, -0.2) is 4.79 Å². The third-order valence-corrected chi connectivity index (χ3v) is 3.74. The van der Waals surface area contributed by atoms with Crippen LogP contribution in [0.3, 0.4) is 0 Å². The molecule has 0 rings (SSSR count). The lowest BCUT2D eigenvalue weighted by Crippen LogP contribution is -3.00. The molecule has 0 spiro atoms. The summed E-state index contributed by atoms with van der Waals surface area (Å²) < 4.78 is 0.450. The Hall–Kier alpha value is -0.340. The topological polar surface area (TPSA) is 17.1 Å². The smallest absolute Gasteiger partial charge is 0.340 e. The van der Waals surface area contributed by atoms with E-state index in [0.29, 0.717) is 10.1 Å². The van der Waals surface area contributed by atoms with Crippen LogP contribution in [0.25, 0.3) is 0 Å². The molecule has 0 radical (unpaired) electrons. The van der Waals surface area contributed by atoms with Crippen LogP contribution in [0.2, 0.25) is 0 Å². The van der Waals surface area contributed by atoms with Crippen molar-refractivity contribution in [3.63, 3.8) is 0 Å². The summed E-state index contributed by atoms with van der Waals surface area (Å²) in [6.07, 6.45) is 11.9. The molecule has 0 aliphatic carbocycles. The van der Waals surface area contributed by atoms with Crippen molar-refractivity contribution >= 4 is 5.91 Å². The van der Waals surface area contributed by atoms with E-state index in [1.165, 1.54) is 51.4 Å². The Kier molecular flexibility index (Phi) is 13.6. The van der Waals surface area contributed by atoms with Crippen molar-refractivity contribution in [1.82, 2.24) is 0 Å². The monoisotopic (exact) mass is 303 g/mol. The van der Waals surface area contributed by atoms with Crippen molar-refractivity contribution in [2.24, 2.45) is 0 Å². The summed E-state index contributed by atoms with van der Waals surface area (Å²) in [5.41, 5.74) is 0.668. The average molecular weight is 304 g/mol. The summed E-state index contributed by atoms with van der Waals surface area (Å²) >= 11 is 0. The van der Waals surface area contributed by atoms with Crippen molar-refractivity contribution in [3.8, 4) is 0 Å². The molecule has 0 aromatic carbocycles. The highest BCUT2D eigenvalue weighted by molar-refractivity contribution is 5.86. The van der Waals surface area contributed by atoms with E-state index < -0.39 is 0 Å². The average Bonchev–Trinajstić information content (AvgIpc) is 2.35. The van der Waals surface area contributed by atoms with Crippen molar-refractivity contribution in [3.05, 3.63) is 12.2 Å². The van der Waals surface area contributed by atoms with Crippen molar-refractivity contribution < 1.29 is 21.7 Å². The fourth-order valence-corrected chi connectivity index (χ4v) is 2.44. The van der Waals surface area contributed by atoms with E-state index in [1.54, 1.807) is 6.92 Å². The van der Waals surface area contributed by atoms with Gasteiger partial charge in [-0.2, -0.15) is 0 Å². The van der Waals surface area contributed by atoms with Crippen molar-refractivity contribution in [2.45, 2.75) is 71.6 Å². The second-order valence-electron chi connectivity index (χ2n) is 6.32. The molecule has 0 aromatic rings. The number of hydrogen-bond donors (Lipinski definition) is 0. The van der Waals surface area contributed by atoms with Crippen molar-refractivity contribution in [2.75, 3.05) is 20.6 Å². The van der Waals surface area contributed by atoms with Crippen LogP contribution in [0.5, 0.6) is 0 Å². The number of rotatable bonds is 11. The van der Waals surface area contributed by atoms with Gasteiger partial charge in [0.1, 0.15) is 0 Å². The molecule has 0 N–H and O–H groups in total. The molecular weight excluding hydrogens is 270 g/mol. The SMILES string of the molecule is C=C(C)C(=O)[N+](C)(C)CCCCCCCCCCC.[Cl-]. The maximum atomic E-state index is 11.9. The molecule has 20 heavy (non-hydrogen) atoms. The maximum absolute atomic E-state index is 11.9. The van der Waals surface area contributed by atoms with E-state index in [1.807, 2.05) is 14.1 Å². The number of unbranched alkanes of at least 4 members (excludes halogenated alkanes) is 8. The molecule has 0 unspecified atom stereocenters. The minimum absolute atomic E-state index is 0. The molecule has 3 heteroatoms. The molecule has 0 bridgehead atoms. The van der Waals surface area contributed by atoms with Gasteiger partial charge in [-0.05, 0) is 19.8 Å². The van der Waals surface area contributed by atoms with Crippen LogP contribution in [0, 0.1) is 0 Å². The molecule has 2 nitrogen and oxygen atoms in total. The van der Waals surface area contributed by atoms with Crippen LogP contribution in [0.4, 0.5) is 0 Å². The zero-order valence-electron chi connectivity index (χ0n) is 14.0. The molecule has 0 atom stereocenters. The number of hydrogen-bond acceptors (Lipinski definition) is 1. The highest BCUT2D eigenvalue weighted by Gasteiger charge is 2.25. The summed E-state index contributed by atoms with van der Waals surface area (Å²) in [7, 11) is 3.98. The summed E-state index contributed by atoms with van der Waals surface area (Å²) in [4.78, 5) is 11.9. The van der Waals surface area contributed by atoms with E-state index in [0.717, 1.165) is 13.0 Å². The number of halogens is 1. The number of amides is 1. The van der Waals surface area contributed by atoms with Crippen molar-refractivity contribution in [1.29, 1.82) is 0 Å². The van der Waals surface area contributed by atoms with Crippen LogP contribution in [0.1, 0.15) is 71.6 Å². The second kappa shape index (κ2) is 12.4. The Labute approximate surface area is 132 Å². The molecule has 0 fully saturated rings. The summed E-state index contributed by atoms with van der Waals surface area (Å²) in [6.45, 7) is 8.74. The van der Waals surface area contributed by atoms with Gasteiger partial charge in [-0.15, -0.1) is 0 Å². The molecule has 0 aliphatic heterocycles. The van der Waals surface area contributed by atoms with Crippen LogP contribution in [-0.2, 0) is 4.79 Å². The third-order valence-electron chi connectivity index (χ3n) is 3.74. The Bertz CT molecular complexity index is 274. The molecule has 1 amide bonds. The van der Waals surface area contributed by atoms with Gasteiger partial charge in [0.25, 0.3) is 0 Å². The largest absolute Gasteiger partial charge is 1.00 e. The summed E-state index contributed by atoms with van der Waals surface area (Å²) in [5, 5.41) is 0. The molecular formula is C17H34ClNO. The fourth-order valence-electron chi connectivity index (χ4n) is 2.44. The number of carbonyl (C=O) groups is 1. The van der Waals surface area contributed by atoms with Crippen LogP contribution >= 0.6 is 0 Å². The Morgan fingerprint density at radius 2 is 1.30 bits per heavy atom. The standard InChI is InChI=1S/C17H34NO.ClH/c1-6-7-8-9-10-11-12-13-14-15-18(4,5)17(19)16(2)3;/h2,6-15H2,1,3-5H3;1H/q+1;/p-1. The predicted octanol–water partition coefficient (Wildman–Crippen LogP) is 1.70. The number of quaternary nitrogens is 1. The van der Waals surface area contributed by atoms with Gasteiger partial charge in [0.2, 0.25) is 0 Å². The van der Waals surface area contributed by atoms with E-state index in [2.05, 4.69) is 13.5 Å². The van der Waals surface area contributed by atoms with Gasteiger partial charge in [0, 0.05) is 5.57 Å². The second-order valence-corrected chi connectivity index (χ2v) is 6.32. The predicted molar refractivity (Wildman–Crippen MR) is 84.0 cm³/mol. The third kappa shape index (κ3) is 10.4. The zero-order valence-corrected chi connectivity index (χ0v) is 14.8. The van der Waals surface area contributed by atoms with E-state index in [-0.39, 0.29) is 18.3 Å². The molecule has 120 valence electrons. The van der Waals surface area contributed by atoms with Gasteiger partial charge in [0.15, 0.2) is 0 Å². The minimum atomic E-state index is 0. The Balaban J connectivity index is 0. The molecule has 0 saturated carbocycles. The first-order valence-corrected chi connectivity index (χ1v) is 7.95. The maximum Gasteiger partial charge on any atom is 0.340 e. The van der Waals surface area contributed by atoms with Gasteiger partial charge in [-0.3, -0.25) is 4.48 Å². The normalized spacial score (nSPS) is 11.0. The van der Waals surface area contributed by atoms with Gasteiger partial charge >= 0.3 is 5.91 Å². The molecule has 0 aliphatic rings. The molecule has 0 heterocycles. The first kappa shape index (κ1) is 21.9. The van der Waals surface area contributed by atoms with Gasteiger partial charge in [0.05, 0.1) is 20.6 Å². The highest BCUT2D eigenvalue weighted by Crippen LogP contribution is 2.12. The van der Waals surface area contributed by atoms with Gasteiger partial charge in [-0.1, -0.05) is 58.4 Å². The summed E-state index contributed by atoms with van der Waals surface area (Å²) in [6, 6.07) is 0. The summed E-state index contributed by atoms with van der Waals surface area (Å²) in [5.74, 6) is 0.166. The van der Waals surface area contributed by atoms with Crippen LogP contribution in [0.15, 0.2) is 12.2 Å². The number of carbonyl (C=O) groups excluding carboxylic acids is 1. The first-order valence-electron chi connectivity index (χ1n) is 7.95. The Morgan fingerprint density at radius 1 is 0.900 bits per heavy atom. The van der Waals surface area contributed by atoms with Gasteiger partial charge < -0.3 is 12.4 Å². The first-order chi connectivity index (χ1) is 8.91. The van der Waals surface area contributed by atoms with Crippen LogP contribution < -0.4 is 12.4 Å². The fraction of sp³-hybridized carbons (Fsp3) is 0.824. The van der Waals surface area contributed by atoms with E-state index >= 15 is 0 Å². The quantitative estimate of drug-likeness (QED) is 0.323. The number of nitrogens with zero attached hydrogens (tertiary/aromatic N) is 1. The molecule has 0 saturated heterocycles.